The standard InChI is InChI=1S/C29H34F2N2O3/c1-6-35-17(2)21-15-28(21)13-12-19(18-9-7-11-22(30)24(18)31)29(20-10-8-14-32-25(20)28)16-23(29)33-26(34)36-27(3,4)5/h7-11,14,19,21,23H,2,6,12-13,15-16H2,1,3-5H3,(H,33,34)/t19-,21+,23?,28-,29?/m0/s1. The quantitative estimate of drug-likeness (QED) is 0.495. The summed E-state index contributed by atoms with van der Waals surface area (Å²) >= 11 is 0. The summed E-state index contributed by atoms with van der Waals surface area (Å²) < 4.78 is 41.0. The Kier molecular flexibility index (Phi) is 5.88. The van der Waals surface area contributed by atoms with E-state index in [1.165, 1.54) is 0 Å². The lowest BCUT2D eigenvalue weighted by molar-refractivity contribution is 0.0518. The van der Waals surface area contributed by atoms with Gasteiger partial charge >= 0.3 is 6.09 Å². The maximum Gasteiger partial charge on any atom is 0.407 e. The molecule has 5 nitrogen and oxygen atoms in total. The average Bonchev–Trinajstić information content (AvgIpc) is 3.71. The lowest BCUT2D eigenvalue weighted by Gasteiger charge is -2.29. The smallest absolute Gasteiger partial charge is 0.407 e. The summed E-state index contributed by atoms with van der Waals surface area (Å²) in [5, 5.41) is 3.03. The van der Waals surface area contributed by atoms with Crippen molar-refractivity contribution in [3.63, 3.8) is 0 Å². The molecule has 0 radical (unpaired) electrons. The van der Waals surface area contributed by atoms with Gasteiger partial charge in [-0.1, -0.05) is 24.8 Å². The fourth-order valence-electron chi connectivity index (χ4n) is 6.51. The Labute approximate surface area is 211 Å². The van der Waals surface area contributed by atoms with Gasteiger partial charge < -0.3 is 14.8 Å². The molecule has 2 aromatic rings. The van der Waals surface area contributed by atoms with E-state index in [0.717, 1.165) is 35.9 Å². The zero-order valence-corrected chi connectivity index (χ0v) is 21.4. The molecule has 2 unspecified atom stereocenters. The number of rotatable bonds is 5. The monoisotopic (exact) mass is 496 g/mol. The minimum absolute atomic E-state index is 0.121. The molecule has 2 saturated carbocycles. The lowest BCUT2D eigenvalue weighted by Crippen LogP contribution is -2.38. The number of fused-ring (bicyclic) bond motifs is 3. The average molecular weight is 497 g/mol. The number of hydrogen-bond acceptors (Lipinski definition) is 4. The Morgan fingerprint density at radius 3 is 2.72 bits per heavy atom. The third-order valence-electron chi connectivity index (χ3n) is 8.13. The number of alkyl carbamates (subject to hydrolysis) is 1. The molecule has 1 amide bonds. The molecular weight excluding hydrogens is 462 g/mol. The normalized spacial score (nSPS) is 30.3. The number of amides is 1. The summed E-state index contributed by atoms with van der Waals surface area (Å²) in [5.41, 5.74) is 0.782. The van der Waals surface area contributed by atoms with Crippen LogP contribution in [0.4, 0.5) is 13.6 Å². The molecule has 7 heteroatoms. The number of nitrogens with zero attached hydrogens (tertiary/aromatic N) is 1. The van der Waals surface area contributed by atoms with Gasteiger partial charge in [0.15, 0.2) is 11.6 Å². The molecule has 192 valence electrons. The number of carbonyl (C=O) groups excluding carboxylic acids is 1. The topological polar surface area (TPSA) is 60.5 Å². The molecule has 5 atom stereocenters. The van der Waals surface area contributed by atoms with Crippen LogP contribution < -0.4 is 5.32 Å². The Hall–Kier alpha value is -2.96. The van der Waals surface area contributed by atoms with Crippen LogP contribution >= 0.6 is 0 Å². The second-order valence-corrected chi connectivity index (χ2v) is 11.4. The van der Waals surface area contributed by atoms with Crippen LogP contribution in [0.15, 0.2) is 48.9 Å². The van der Waals surface area contributed by atoms with E-state index in [1.807, 2.05) is 39.8 Å². The highest BCUT2D eigenvalue weighted by Gasteiger charge is 2.69. The minimum Gasteiger partial charge on any atom is -0.499 e. The summed E-state index contributed by atoms with van der Waals surface area (Å²) in [6, 6.07) is 8.01. The molecule has 3 aliphatic carbocycles. The van der Waals surface area contributed by atoms with Crippen LogP contribution in [0, 0.1) is 17.6 Å². The first-order chi connectivity index (χ1) is 17.0. The number of ether oxygens (including phenoxy) is 2. The van der Waals surface area contributed by atoms with Gasteiger partial charge in [0.25, 0.3) is 0 Å². The fraction of sp³-hybridized carbons (Fsp3) is 0.517. The number of carbonyl (C=O) groups is 1. The van der Waals surface area contributed by atoms with Crippen LogP contribution in [-0.4, -0.2) is 29.3 Å². The molecule has 0 saturated heterocycles. The second kappa shape index (κ2) is 8.56. The number of hydrogen-bond donors (Lipinski definition) is 1. The molecule has 2 fully saturated rings. The van der Waals surface area contributed by atoms with Crippen molar-refractivity contribution in [3.8, 4) is 0 Å². The van der Waals surface area contributed by atoms with Crippen molar-refractivity contribution in [3.05, 3.63) is 77.3 Å². The molecule has 1 N–H and O–H groups in total. The van der Waals surface area contributed by atoms with Gasteiger partial charge in [0.2, 0.25) is 0 Å². The van der Waals surface area contributed by atoms with Gasteiger partial charge in [-0.15, -0.1) is 0 Å². The van der Waals surface area contributed by atoms with Gasteiger partial charge in [0.05, 0.1) is 18.1 Å². The molecule has 3 aliphatic rings. The SMILES string of the molecule is C=C(OCC)[C@H]1C[C@@]12CC[C@@H](c1cccc(F)c1F)C1(CC1NC(=O)OC(C)(C)C)c1cccnc12. The van der Waals surface area contributed by atoms with Crippen molar-refractivity contribution in [2.45, 2.75) is 81.8 Å². The first kappa shape index (κ1) is 24.7. The number of aromatic nitrogens is 1. The van der Waals surface area contributed by atoms with E-state index in [9.17, 15) is 9.18 Å². The van der Waals surface area contributed by atoms with Crippen molar-refractivity contribution in [1.82, 2.24) is 10.3 Å². The van der Waals surface area contributed by atoms with Crippen LogP contribution in [-0.2, 0) is 20.3 Å². The maximum atomic E-state index is 15.3. The van der Waals surface area contributed by atoms with Gasteiger partial charge in [-0.3, -0.25) is 4.98 Å². The molecule has 5 rings (SSSR count). The zero-order chi connectivity index (χ0) is 25.9. The second-order valence-electron chi connectivity index (χ2n) is 11.4. The molecule has 1 heterocycles. The highest BCUT2D eigenvalue weighted by Crippen LogP contribution is 2.69. The number of nitrogens with one attached hydrogen (secondary N) is 1. The van der Waals surface area contributed by atoms with Crippen molar-refractivity contribution in [2.75, 3.05) is 6.61 Å². The van der Waals surface area contributed by atoms with E-state index in [2.05, 4.69) is 11.9 Å². The molecule has 36 heavy (non-hydrogen) atoms. The largest absolute Gasteiger partial charge is 0.499 e. The molecule has 0 bridgehead atoms. The van der Waals surface area contributed by atoms with E-state index in [-0.39, 0.29) is 23.3 Å². The maximum absolute atomic E-state index is 15.3. The third kappa shape index (κ3) is 3.97. The third-order valence-corrected chi connectivity index (χ3v) is 8.13. The van der Waals surface area contributed by atoms with Crippen molar-refractivity contribution in [1.29, 1.82) is 0 Å². The number of benzene rings is 1. The Balaban J connectivity index is 1.59. The fourth-order valence-corrected chi connectivity index (χ4v) is 6.51. The Morgan fingerprint density at radius 1 is 1.22 bits per heavy atom. The van der Waals surface area contributed by atoms with Gasteiger partial charge in [-0.05, 0) is 82.6 Å². The van der Waals surface area contributed by atoms with Crippen LogP contribution in [0.1, 0.15) is 76.1 Å². The lowest BCUT2D eigenvalue weighted by atomic mass is 9.76. The molecular formula is C29H34F2N2O3. The minimum atomic E-state index is -0.862. The van der Waals surface area contributed by atoms with Crippen molar-refractivity contribution >= 4 is 6.09 Å². The highest BCUT2D eigenvalue weighted by atomic mass is 19.2. The van der Waals surface area contributed by atoms with Crippen molar-refractivity contribution in [2.24, 2.45) is 5.92 Å². The molecule has 0 aliphatic heterocycles. The van der Waals surface area contributed by atoms with Gasteiger partial charge in [-0.2, -0.15) is 0 Å². The van der Waals surface area contributed by atoms with E-state index >= 15 is 4.39 Å². The summed E-state index contributed by atoms with van der Waals surface area (Å²) in [4.78, 5) is 17.6. The van der Waals surface area contributed by atoms with Gasteiger partial charge in [-0.25, -0.2) is 13.6 Å². The van der Waals surface area contributed by atoms with Crippen LogP contribution in [0.25, 0.3) is 0 Å². The Bertz CT molecular complexity index is 1210. The molecule has 2 spiro atoms. The summed E-state index contributed by atoms with van der Waals surface area (Å²) in [7, 11) is 0. The van der Waals surface area contributed by atoms with Crippen LogP contribution in [0.3, 0.4) is 0 Å². The first-order valence-corrected chi connectivity index (χ1v) is 12.7. The van der Waals surface area contributed by atoms with E-state index in [4.69, 9.17) is 14.5 Å². The highest BCUT2D eigenvalue weighted by molar-refractivity contribution is 5.70. The van der Waals surface area contributed by atoms with Crippen LogP contribution in [0.5, 0.6) is 0 Å². The predicted molar refractivity (Wildman–Crippen MR) is 133 cm³/mol. The number of pyridine rings is 1. The van der Waals surface area contributed by atoms with E-state index < -0.39 is 28.7 Å². The van der Waals surface area contributed by atoms with E-state index in [0.29, 0.717) is 25.0 Å². The van der Waals surface area contributed by atoms with Gasteiger partial charge in [0.1, 0.15) is 5.60 Å². The van der Waals surface area contributed by atoms with E-state index in [1.54, 1.807) is 18.3 Å². The zero-order valence-electron chi connectivity index (χ0n) is 21.4. The van der Waals surface area contributed by atoms with Crippen molar-refractivity contribution < 1.29 is 23.0 Å². The summed E-state index contributed by atoms with van der Waals surface area (Å²) in [6.07, 6.45) is 4.09. The molecule has 1 aromatic carbocycles. The number of allylic oxidation sites excluding steroid dienone is 1. The van der Waals surface area contributed by atoms with Gasteiger partial charge in [0, 0.05) is 29.0 Å². The summed E-state index contributed by atoms with van der Waals surface area (Å²) in [5.74, 6) is -1.15. The number of halogens is 2. The predicted octanol–water partition coefficient (Wildman–Crippen LogP) is 6.28. The van der Waals surface area contributed by atoms with Crippen LogP contribution in [0.2, 0.25) is 0 Å². The summed E-state index contributed by atoms with van der Waals surface area (Å²) in [6.45, 7) is 12.1. The molecule has 1 aromatic heterocycles. The first-order valence-electron chi connectivity index (χ1n) is 12.7. The Morgan fingerprint density at radius 2 is 2.00 bits per heavy atom.